The fourth-order valence-corrected chi connectivity index (χ4v) is 3.56. The number of rotatable bonds is 2. The van der Waals surface area contributed by atoms with Crippen LogP contribution >= 0.6 is 23.2 Å². The predicted octanol–water partition coefficient (Wildman–Crippen LogP) is 3.01. The number of imidazole rings is 1. The van der Waals surface area contributed by atoms with Gasteiger partial charge < -0.3 is 9.47 Å². The van der Waals surface area contributed by atoms with Crippen molar-refractivity contribution >= 4 is 40.3 Å². The lowest BCUT2D eigenvalue weighted by Gasteiger charge is -2.32. The predicted molar refractivity (Wildman–Crippen MR) is 93.8 cm³/mol. The second kappa shape index (κ2) is 6.57. The zero-order valence-electron chi connectivity index (χ0n) is 13.1. The molecule has 1 amide bonds. The van der Waals surface area contributed by atoms with Crippen molar-refractivity contribution in [2.45, 2.75) is 18.9 Å². The Morgan fingerprint density at radius 2 is 2.00 bits per heavy atom. The highest BCUT2D eigenvalue weighted by atomic mass is 35.5. The van der Waals surface area contributed by atoms with Gasteiger partial charge in [0.15, 0.2) is 10.8 Å². The molecule has 25 heavy (non-hydrogen) atoms. The van der Waals surface area contributed by atoms with E-state index in [4.69, 9.17) is 23.2 Å². The van der Waals surface area contributed by atoms with Gasteiger partial charge in [-0.15, -0.1) is 0 Å². The normalized spacial score (nSPS) is 15.7. The maximum absolute atomic E-state index is 12.5. The number of amides is 1. The smallest absolute Gasteiger partial charge is 0.255 e. The lowest BCUT2D eigenvalue weighted by molar-refractivity contribution is 0.0695. The maximum Gasteiger partial charge on any atom is 0.255 e. The largest absolute Gasteiger partial charge is 0.338 e. The van der Waals surface area contributed by atoms with E-state index in [0.717, 1.165) is 12.8 Å². The van der Waals surface area contributed by atoms with E-state index in [9.17, 15) is 4.79 Å². The van der Waals surface area contributed by atoms with Gasteiger partial charge in [0.2, 0.25) is 5.28 Å². The van der Waals surface area contributed by atoms with Crippen LogP contribution in [-0.4, -0.2) is 48.4 Å². The molecule has 4 rings (SSSR count). The number of halogens is 2. The van der Waals surface area contributed by atoms with Gasteiger partial charge in [-0.2, -0.15) is 4.98 Å². The van der Waals surface area contributed by atoms with E-state index in [1.165, 1.54) is 0 Å². The van der Waals surface area contributed by atoms with Crippen molar-refractivity contribution in [3.63, 3.8) is 0 Å². The molecule has 0 saturated carbocycles. The SMILES string of the molecule is O=C(c1cccnc1)N1CCC(n2cnc3c(Cl)nc(Cl)nc32)CC1. The first kappa shape index (κ1) is 16.2. The van der Waals surface area contributed by atoms with Crippen LogP contribution < -0.4 is 0 Å². The summed E-state index contributed by atoms with van der Waals surface area (Å²) in [5.41, 5.74) is 1.78. The molecule has 0 bridgehead atoms. The molecule has 4 heterocycles. The fourth-order valence-electron chi connectivity index (χ4n) is 3.14. The minimum atomic E-state index is 0.00968. The minimum absolute atomic E-state index is 0.00968. The Morgan fingerprint density at radius 3 is 2.72 bits per heavy atom. The highest BCUT2D eigenvalue weighted by Crippen LogP contribution is 2.29. The molecular formula is C16H14Cl2N6O. The lowest BCUT2D eigenvalue weighted by Crippen LogP contribution is -2.39. The molecule has 0 spiro atoms. The number of piperidine rings is 1. The van der Waals surface area contributed by atoms with Crippen molar-refractivity contribution < 1.29 is 4.79 Å². The van der Waals surface area contributed by atoms with E-state index >= 15 is 0 Å². The van der Waals surface area contributed by atoms with Gasteiger partial charge in [0, 0.05) is 31.5 Å². The Bertz CT molecular complexity index is 921. The molecule has 1 saturated heterocycles. The molecule has 0 aromatic carbocycles. The number of carbonyl (C=O) groups excluding carboxylic acids is 1. The first-order valence-electron chi connectivity index (χ1n) is 7.88. The van der Waals surface area contributed by atoms with Crippen LogP contribution in [0.1, 0.15) is 29.2 Å². The molecule has 128 valence electrons. The Balaban J connectivity index is 1.52. The van der Waals surface area contributed by atoms with Crippen molar-refractivity contribution in [1.82, 2.24) is 29.4 Å². The number of aromatic nitrogens is 5. The number of hydrogen-bond acceptors (Lipinski definition) is 5. The number of carbonyl (C=O) groups is 1. The third-order valence-corrected chi connectivity index (χ3v) is 4.84. The first-order chi connectivity index (χ1) is 12.1. The summed E-state index contributed by atoms with van der Waals surface area (Å²) in [6, 6.07) is 3.74. The second-order valence-corrected chi connectivity index (χ2v) is 6.57. The molecule has 3 aromatic heterocycles. The van der Waals surface area contributed by atoms with Crippen LogP contribution in [0.3, 0.4) is 0 Å². The van der Waals surface area contributed by atoms with E-state index < -0.39 is 0 Å². The number of pyridine rings is 1. The first-order valence-corrected chi connectivity index (χ1v) is 8.64. The topological polar surface area (TPSA) is 76.8 Å². The molecule has 1 fully saturated rings. The van der Waals surface area contributed by atoms with Gasteiger partial charge in [0.25, 0.3) is 5.91 Å². The average Bonchev–Trinajstić information content (AvgIpc) is 3.06. The zero-order chi connectivity index (χ0) is 17.4. The molecule has 0 atom stereocenters. The zero-order valence-corrected chi connectivity index (χ0v) is 14.7. The van der Waals surface area contributed by atoms with Gasteiger partial charge in [0.1, 0.15) is 5.52 Å². The van der Waals surface area contributed by atoms with Crippen molar-refractivity contribution in [2.24, 2.45) is 0 Å². The van der Waals surface area contributed by atoms with Gasteiger partial charge in [-0.05, 0) is 36.6 Å². The van der Waals surface area contributed by atoms with E-state index in [1.807, 2.05) is 9.47 Å². The highest BCUT2D eigenvalue weighted by Gasteiger charge is 2.26. The molecule has 7 nitrogen and oxygen atoms in total. The number of fused-ring (bicyclic) bond motifs is 1. The van der Waals surface area contributed by atoms with Crippen LogP contribution in [0, 0.1) is 0 Å². The van der Waals surface area contributed by atoms with Crippen LogP contribution in [0.25, 0.3) is 11.2 Å². The van der Waals surface area contributed by atoms with E-state index in [2.05, 4.69) is 19.9 Å². The highest BCUT2D eigenvalue weighted by molar-refractivity contribution is 6.35. The molecule has 9 heteroatoms. The third-order valence-electron chi connectivity index (χ3n) is 4.41. The lowest BCUT2D eigenvalue weighted by atomic mass is 10.0. The Labute approximate surface area is 153 Å². The summed E-state index contributed by atoms with van der Waals surface area (Å²) in [6.45, 7) is 1.31. The number of nitrogens with zero attached hydrogens (tertiary/aromatic N) is 6. The summed E-state index contributed by atoms with van der Waals surface area (Å²) in [4.78, 5) is 30.8. The fraction of sp³-hybridized carbons (Fsp3) is 0.312. The van der Waals surface area contributed by atoms with Gasteiger partial charge in [0.05, 0.1) is 11.9 Å². The molecule has 0 radical (unpaired) electrons. The van der Waals surface area contributed by atoms with Crippen LogP contribution in [0.5, 0.6) is 0 Å². The van der Waals surface area contributed by atoms with Gasteiger partial charge in [-0.3, -0.25) is 9.78 Å². The summed E-state index contributed by atoms with van der Waals surface area (Å²) < 4.78 is 1.97. The Kier molecular flexibility index (Phi) is 4.27. The molecule has 3 aromatic rings. The van der Waals surface area contributed by atoms with Crippen LogP contribution in [-0.2, 0) is 0 Å². The van der Waals surface area contributed by atoms with Crippen LogP contribution in [0.15, 0.2) is 30.9 Å². The Morgan fingerprint density at radius 1 is 1.20 bits per heavy atom. The number of hydrogen-bond donors (Lipinski definition) is 0. The standard InChI is InChI=1S/C16H14Cl2N6O/c17-13-12-14(22-16(18)21-13)24(9-20-12)11-3-6-23(7-4-11)15(25)10-2-1-5-19-8-10/h1-2,5,8-9,11H,3-4,6-7H2. The van der Waals surface area contributed by atoms with E-state index in [-0.39, 0.29) is 22.4 Å². The van der Waals surface area contributed by atoms with Gasteiger partial charge in [-0.1, -0.05) is 11.6 Å². The summed E-state index contributed by atoms with van der Waals surface area (Å²) >= 11 is 12.0. The quantitative estimate of drug-likeness (QED) is 0.507. The summed E-state index contributed by atoms with van der Waals surface area (Å²) in [5.74, 6) is 0.00968. The maximum atomic E-state index is 12.5. The summed E-state index contributed by atoms with van der Waals surface area (Å²) in [6.07, 6.45) is 6.57. The van der Waals surface area contributed by atoms with Crippen molar-refractivity contribution in [2.75, 3.05) is 13.1 Å². The number of likely N-dealkylation sites (tertiary alicyclic amines) is 1. The summed E-state index contributed by atoms with van der Waals surface area (Å²) in [7, 11) is 0. The molecule has 1 aliphatic heterocycles. The second-order valence-electron chi connectivity index (χ2n) is 5.87. The molecule has 1 aliphatic rings. The molecule has 0 unspecified atom stereocenters. The average molecular weight is 377 g/mol. The summed E-state index contributed by atoms with van der Waals surface area (Å²) in [5, 5.41) is 0.349. The van der Waals surface area contributed by atoms with Gasteiger partial charge >= 0.3 is 0 Å². The third kappa shape index (κ3) is 3.05. The molecule has 0 N–H and O–H groups in total. The van der Waals surface area contributed by atoms with Gasteiger partial charge in [-0.25, -0.2) is 9.97 Å². The van der Waals surface area contributed by atoms with Crippen molar-refractivity contribution in [1.29, 1.82) is 0 Å². The van der Waals surface area contributed by atoms with Crippen molar-refractivity contribution in [3.8, 4) is 0 Å². The van der Waals surface area contributed by atoms with Crippen LogP contribution in [0.4, 0.5) is 0 Å². The molecule has 0 aliphatic carbocycles. The molecular weight excluding hydrogens is 363 g/mol. The van der Waals surface area contributed by atoms with E-state index in [1.54, 1.807) is 30.9 Å². The Hall–Kier alpha value is -2.25. The van der Waals surface area contributed by atoms with E-state index in [0.29, 0.717) is 29.8 Å². The van der Waals surface area contributed by atoms with Crippen LogP contribution in [0.2, 0.25) is 10.4 Å². The monoisotopic (exact) mass is 376 g/mol. The van der Waals surface area contributed by atoms with Crippen molar-refractivity contribution in [3.05, 3.63) is 46.9 Å². The minimum Gasteiger partial charge on any atom is -0.338 e.